The Balaban J connectivity index is 1.54. The summed E-state index contributed by atoms with van der Waals surface area (Å²) in [4.78, 5) is 9.44. The highest BCUT2D eigenvalue weighted by Crippen LogP contribution is 2.21. The van der Waals surface area contributed by atoms with Gasteiger partial charge in [-0.2, -0.15) is 5.10 Å². The number of nitrogens with zero attached hydrogens (tertiary/aromatic N) is 5. The van der Waals surface area contributed by atoms with Gasteiger partial charge in [-0.05, 0) is 25.5 Å². The van der Waals surface area contributed by atoms with Crippen LogP contribution in [-0.2, 0) is 11.8 Å². The van der Waals surface area contributed by atoms with Crippen molar-refractivity contribution < 1.29 is 4.74 Å². The maximum absolute atomic E-state index is 5.96. The van der Waals surface area contributed by atoms with E-state index in [1.165, 1.54) is 5.69 Å². The molecule has 1 atom stereocenters. The van der Waals surface area contributed by atoms with Gasteiger partial charge in [-0.3, -0.25) is 9.67 Å². The normalized spacial score (nSPS) is 17.6. The lowest BCUT2D eigenvalue weighted by molar-refractivity contribution is -0.00803. The number of rotatable bonds is 7. The highest BCUT2D eigenvalue weighted by molar-refractivity contribution is 5.80. The van der Waals surface area contributed by atoms with E-state index >= 15 is 0 Å². The fourth-order valence-corrected chi connectivity index (χ4v) is 3.38. The summed E-state index contributed by atoms with van der Waals surface area (Å²) < 4.78 is 7.78. The Morgan fingerprint density at radius 3 is 2.89 bits per heavy atom. The number of ether oxygens (including phenoxy) is 1. The standard InChI is InChI=1S/C21H32N6O/c1-4-22-21(23-11-8-12-25(2)19-9-6-5-7-10-19)27-13-14-28-20(17-27)18-15-24-26(3)16-18/h5-7,9-10,15-16,20H,4,8,11-14,17H2,1-3H3,(H,22,23). The molecule has 1 aromatic carbocycles. The fraction of sp³-hybridized carbons (Fsp3) is 0.524. The number of benzene rings is 1. The van der Waals surface area contributed by atoms with Crippen molar-refractivity contribution in [2.75, 3.05) is 51.3 Å². The molecule has 0 saturated carbocycles. The number of guanidine groups is 1. The topological polar surface area (TPSA) is 57.9 Å². The Labute approximate surface area is 168 Å². The summed E-state index contributed by atoms with van der Waals surface area (Å²) >= 11 is 0. The SMILES string of the molecule is CCNC(=NCCCN(C)c1ccccc1)N1CCOC(c2cnn(C)c2)C1. The van der Waals surface area contributed by atoms with E-state index in [0.29, 0.717) is 6.61 Å². The van der Waals surface area contributed by atoms with Gasteiger partial charge in [-0.1, -0.05) is 18.2 Å². The van der Waals surface area contributed by atoms with Crippen LogP contribution in [0.5, 0.6) is 0 Å². The molecule has 1 fully saturated rings. The van der Waals surface area contributed by atoms with Crippen LogP contribution in [0.15, 0.2) is 47.7 Å². The van der Waals surface area contributed by atoms with Gasteiger partial charge in [0.05, 0.1) is 19.3 Å². The van der Waals surface area contributed by atoms with Crippen LogP contribution < -0.4 is 10.2 Å². The van der Waals surface area contributed by atoms with Crippen LogP contribution in [0.3, 0.4) is 0 Å². The molecule has 7 nitrogen and oxygen atoms in total. The summed E-state index contributed by atoms with van der Waals surface area (Å²) in [6.07, 6.45) is 4.96. The van der Waals surface area contributed by atoms with E-state index in [9.17, 15) is 0 Å². The zero-order valence-electron chi connectivity index (χ0n) is 17.2. The summed E-state index contributed by atoms with van der Waals surface area (Å²) in [7, 11) is 4.06. The van der Waals surface area contributed by atoms with Crippen LogP contribution in [0.2, 0.25) is 0 Å². The molecule has 1 saturated heterocycles. The first-order chi connectivity index (χ1) is 13.7. The summed E-state index contributed by atoms with van der Waals surface area (Å²) in [5.41, 5.74) is 2.36. The minimum atomic E-state index is 0.0375. The number of para-hydroxylation sites is 1. The van der Waals surface area contributed by atoms with Gasteiger partial charge in [-0.25, -0.2) is 0 Å². The largest absolute Gasteiger partial charge is 0.375 e. The summed E-state index contributed by atoms with van der Waals surface area (Å²) in [6.45, 7) is 7.09. The quantitative estimate of drug-likeness (QED) is 0.451. The minimum absolute atomic E-state index is 0.0375. The molecule has 0 spiro atoms. The van der Waals surface area contributed by atoms with Gasteiger partial charge in [0.2, 0.25) is 0 Å². The summed E-state index contributed by atoms with van der Waals surface area (Å²) in [5.74, 6) is 0.974. The van der Waals surface area contributed by atoms with E-state index in [4.69, 9.17) is 9.73 Å². The molecular weight excluding hydrogens is 352 g/mol. The summed E-state index contributed by atoms with van der Waals surface area (Å²) in [5, 5.41) is 7.70. The number of anilines is 1. The van der Waals surface area contributed by atoms with Crippen molar-refractivity contribution in [1.82, 2.24) is 20.0 Å². The Morgan fingerprint density at radius 1 is 1.36 bits per heavy atom. The van der Waals surface area contributed by atoms with Crippen molar-refractivity contribution in [3.8, 4) is 0 Å². The predicted octanol–water partition coefficient (Wildman–Crippen LogP) is 2.29. The molecule has 28 heavy (non-hydrogen) atoms. The number of aromatic nitrogens is 2. The van der Waals surface area contributed by atoms with Gasteiger partial charge in [0.1, 0.15) is 6.10 Å². The lowest BCUT2D eigenvalue weighted by Gasteiger charge is -2.34. The van der Waals surface area contributed by atoms with Gasteiger partial charge in [0, 0.05) is 57.7 Å². The lowest BCUT2D eigenvalue weighted by Crippen LogP contribution is -2.48. The van der Waals surface area contributed by atoms with E-state index < -0.39 is 0 Å². The predicted molar refractivity (Wildman–Crippen MR) is 114 cm³/mol. The fourth-order valence-electron chi connectivity index (χ4n) is 3.38. The van der Waals surface area contributed by atoms with Crippen molar-refractivity contribution in [2.45, 2.75) is 19.4 Å². The van der Waals surface area contributed by atoms with Crippen LogP contribution in [0.1, 0.15) is 25.0 Å². The van der Waals surface area contributed by atoms with Crippen LogP contribution in [0.4, 0.5) is 5.69 Å². The number of aryl methyl sites for hydroxylation is 1. The molecule has 1 N–H and O–H groups in total. The van der Waals surface area contributed by atoms with Gasteiger partial charge in [-0.15, -0.1) is 0 Å². The monoisotopic (exact) mass is 384 g/mol. The molecule has 1 aromatic heterocycles. The highest BCUT2D eigenvalue weighted by Gasteiger charge is 2.25. The molecule has 7 heteroatoms. The lowest BCUT2D eigenvalue weighted by atomic mass is 10.1. The van der Waals surface area contributed by atoms with Crippen molar-refractivity contribution in [2.24, 2.45) is 12.0 Å². The Kier molecular flexibility index (Phi) is 7.31. The zero-order chi connectivity index (χ0) is 19.8. The first-order valence-electron chi connectivity index (χ1n) is 10.1. The molecular formula is C21H32N6O. The second-order valence-corrected chi connectivity index (χ2v) is 7.10. The minimum Gasteiger partial charge on any atom is -0.375 e. The maximum atomic E-state index is 5.96. The molecule has 2 heterocycles. The number of morpholine rings is 1. The zero-order valence-corrected chi connectivity index (χ0v) is 17.2. The van der Waals surface area contributed by atoms with Crippen molar-refractivity contribution in [1.29, 1.82) is 0 Å². The highest BCUT2D eigenvalue weighted by atomic mass is 16.5. The molecule has 1 aliphatic heterocycles. The Hall–Kier alpha value is -2.54. The van der Waals surface area contributed by atoms with Crippen molar-refractivity contribution >= 4 is 11.6 Å². The van der Waals surface area contributed by atoms with Crippen LogP contribution in [-0.4, -0.2) is 67.0 Å². The molecule has 0 amide bonds. The van der Waals surface area contributed by atoms with Gasteiger partial charge >= 0.3 is 0 Å². The Morgan fingerprint density at radius 2 is 2.18 bits per heavy atom. The van der Waals surface area contributed by atoms with Crippen molar-refractivity contribution in [3.63, 3.8) is 0 Å². The van der Waals surface area contributed by atoms with Gasteiger partial charge in [0.15, 0.2) is 5.96 Å². The van der Waals surface area contributed by atoms with E-state index in [0.717, 1.165) is 50.7 Å². The van der Waals surface area contributed by atoms with E-state index in [-0.39, 0.29) is 6.10 Å². The number of hydrogen-bond donors (Lipinski definition) is 1. The maximum Gasteiger partial charge on any atom is 0.194 e. The van der Waals surface area contributed by atoms with E-state index in [1.54, 1.807) is 0 Å². The molecule has 3 rings (SSSR count). The summed E-state index contributed by atoms with van der Waals surface area (Å²) in [6, 6.07) is 10.5. The molecule has 1 unspecified atom stereocenters. The van der Waals surface area contributed by atoms with Crippen LogP contribution in [0, 0.1) is 0 Å². The third-order valence-electron chi connectivity index (χ3n) is 4.91. The molecule has 1 aliphatic rings. The second-order valence-electron chi connectivity index (χ2n) is 7.10. The van der Waals surface area contributed by atoms with E-state index in [1.807, 2.05) is 30.2 Å². The van der Waals surface area contributed by atoms with Crippen LogP contribution >= 0.6 is 0 Å². The first-order valence-corrected chi connectivity index (χ1v) is 10.1. The third kappa shape index (κ3) is 5.48. The van der Waals surface area contributed by atoms with Gasteiger partial charge in [0.25, 0.3) is 0 Å². The second kappa shape index (κ2) is 10.1. The number of aliphatic imine (C=N–C) groups is 1. The number of nitrogens with one attached hydrogen (secondary N) is 1. The Bertz CT molecular complexity index is 744. The average Bonchev–Trinajstić information content (AvgIpc) is 3.17. The molecule has 0 bridgehead atoms. The average molecular weight is 385 g/mol. The van der Waals surface area contributed by atoms with Gasteiger partial charge < -0.3 is 19.9 Å². The van der Waals surface area contributed by atoms with Crippen molar-refractivity contribution in [3.05, 3.63) is 48.3 Å². The number of hydrogen-bond acceptors (Lipinski definition) is 4. The molecule has 152 valence electrons. The third-order valence-corrected chi connectivity index (χ3v) is 4.91. The molecule has 0 radical (unpaired) electrons. The van der Waals surface area contributed by atoms with Crippen LogP contribution in [0.25, 0.3) is 0 Å². The molecule has 2 aromatic rings. The molecule has 0 aliphatic carbocycles. The first kappa shape index (κ1) is 20.2. The van der Waals surface area contributed by atoms with E-state index in [2.05, 4.69) is 58.5 Å². The smallest absolute Gasteiger partial charge is 0.194 e.